The number of hydrogen-bond donors (Lipinski definition) is 7. The lowest BCUT2D eigenvalue weighted by atomic mass is 9.99. The Morgan fingerprint density at radius 1 is 1.17 bits per heavy atom. The molecule has 1 aliphatic rings. The van der Waals surface area contributed by atoms with Gasteiger partial charge in [-0.25, -0.2) is 4.79 Å². The second kappa shape index (κ2) is 10.6. The van der Waals surface area contributed by atoms with Crippen LogP contribution in [0.15, 0.2) is 18.2 Å². The highest BCUT2D eigenvalue weighted by molar-refractivity contribution is 5.73. The lowest BCUT2D eigenvalue weighted by Crippen LogP contribution is -2.60. The number of benzene rings is 1. The maximum absolute atomic E-state index is 10.6. The van der Waals surface area contributed by atoms with Gasteiger partial charge in [0.2, 0.25) is 6.29 Å². The summed E-state index contributed by atoms with van der Waals surface area (Å²) in [5, 5.41) is 55.4. The number of phenols is 1. The van der Waals surface area contributed by atoms with Crippen LogP contribution >= 0.6 is 0 Å². The number of ether oxygens (including phenoxy) is 2. The highest BCUT2D eigenvalue weighted by Gasteiger charge is 2.44. The molecule has 1 heterocycles. The van der Waals surface area contributed by atoms with Gasteiger partial charge in [0.1, 0.15) is 24.4 Å². The Bertz CT molecular complexity index is 672. The summed E-state index contributed by atoms with van der Waals surface area (Å²) in [5.74, 6) is -2.87. The predicted molar refractivity (Wildman–Crippen MR) is 89.0 cm³/mol. The van der Waals surface area contributed by atoms with Gasteiger partial charge < -0.3 is 45.8 Å². The van der Waals surface area contributed by atoms with E-state index in [1.54, 1.807) is 6.07 Å². The molecule has 0 aliphatic carbocycles. The summed E-state index contributed by atoms with van der Waals surface area (Å²) in [7, 11) is 0. The van der Waals surface area contributed by atoms with Crippen molar-refractivity contribution in [1.82, 2.24) is 0 Å². The van der Waals surface area contributed by atoms with Gasteiger partial charge in [0.15, 0.2) is 11.5 Å². The van der Waals surface area contributed by atoms with E-state index in [1.165, 1.54) is 12.1 Å². The van der Waals surface area contributed by atoms with Gasteiger partial charge in [-0.1, -0.05) is 6.07 Å². The van der Waals surface area contributed by atoms with Gasteiger partial charge in [-0.3, -0.25) is 0 Å². The van der Waals surface area contributed by atoms with Crippen molar-refractivity contribution in [2.75, 3.05) is 13.2 Å². The summed E-state index contributed by atoms with van der Waals surface area (Å²) in [5.41, 5.74) is 6.25. The predicted octanol–water partition coefficient (Wildman–Crippen LogP) is -1.29. The summed E-state index contributed by atoms with van der Waals surface area (Å²) in [4.78, 5) is 8.90. The number of phenolic OH excluding ortho intramolecular Hbond substituents is 1. The SMILES string of the molecule is NCCc1ccc(O[C@@H]2O[C@H](CO)[C@@H](O)[C@H](O)[C@H]2O)c(O)c1.O=C(O)C(F)(F)F. The van der Waals surface area contributed by atoms with Crippen LogP contribution in [0.1, 0.15) is 5.56 Å². The molecule has 166 valence electrons. The van der Waals surface area contributed by atoms with Gasteiger partial charge in [-0.15, -0.1) is 0 Å². The zero-order valence-electron chi connectivity index (χ0n) is 14.9. The van der Waals surface area contributed by atoms with Crippen LogP contribution in [0.2, 0.25) is 0 Å². The van der Waals surface area contributed by atoms with Crippen LogP contribution in [0.25, 0.3) is 0 Å². The summed E-state index contributed by atoms with van der Waals surface area (Å²) < 4.78 is 42.3. The number of aliphatic hydroxyl groups is 4. The average molecular weight is 429 g/mol. The summed E-state index contributed by atoms with van der Waals surface area (Å²) in [6.07, 6.45) is -11.4. The van der Waals surface area contributed by atoms with Crippen molar-refractivity contribution in [2.45, 2.75) is 43.3 Å². The molecule has 0 bridgehead atoms. The van der Waals surface area contributed by atoms with E-state index in [0.717, 1.165) is 5.56 Å². The molecule has 1 aromatic carbocycles. The van der Waals surface area contributed by atoms with Crippen molar-refractivity contribution in [3.8, 4) is 11.5 Å². The molecule has 13 heteroatoms. The van der Waals surface area contributed by atoms with Crippen molar-refractivity contribution in [3.63, 3.8) is 0 Å². The lowest BCUT2D eigenvalue weighted by Gasteiger charge is -2.39. The lowest BCUT2D eigenvalue weighted by molar-refractivity contribution is -0.277. The largest absolute Gasteiger partial charge is 0.504 e. The number of carbonyl (C=O) groups is 1. The molecular weight excluding hydrogens is 407 g/mol. The number of aromatic hydroxyl groups is 1. The third-order valence-electron chi connectivity index (χ3n) is 3.79. The molecular formula is C16H22F3NO9. The van der Waals surface area contributed by atoms with Crippen LogP contribution in [-0.4, -0.2) is 86.6 Å². The molecule has 1 aliphatic heterocycles. The molecule has 10 nitrogen and oxygen atoms in total. The first-order valence-electron chi connectivity index (χ1n) is 8.21. The van der Waals surface area contributed by atoms with E-state index in [1.807, 2.05) is 0 Å². The Hall–Kier alpha value is -2.16. The van der Waals surface area contributed by atoms with Crippen LogP contribution in [-0.2, 0) is 16.0 Å². The van der Waals surface area contributed by atoms with Crippen molar-refractivity contribution < 1.29 is 58.1 Å². The second-order valence-electron chi connectivity index (χ2n) is 5.96. The fourth-order valence-electron chi connectivity index (χ4n) is 2.27. The topological polar surface area (TPSA) is 183 Å². The number of halogens is 3. The van der Waals surface area contributed by atoms with E-state index in [9.17, 15) is 33.6 Å². The molecule has 0 amide bonds. The Kier molecular flexibility index (Phi) is 9.07. The maximum atomic E-state index is 10.6. The number of hydrogen-bond acceptors (Lipinski definition) is 9. The van der Waals surface area contributed by atoms with Crippen LogP contribution in [0.5, 0.6) is 11.5 Å². The summed E-state index contributed by atoms with van der Waals surface area (Å²) in [6, 6.07) is 4.67. The number of carboxylic acid groups (broad SMARTS) is 1. The maximum Gasteiger partial charge on any atom is 0.490 e. The molecule has 0 saturated carbocycles. The van der Waals surface area contributed by atoms with Gasteiger partial charge in [0, 0.05) is 0 Å². The minimum atomic E-state index is -5.08. The van der Waals surface area contributed by atoms with Gasteiger partial charge in [-0.2, -0.15) is 13.2 Å². The normalized spacial score (nSPS) is 27.0. The second-order valence-corrected chi connectivity index (χ2v) is 5.96. The minimum absolute atomic E-state index is 0.0464. The first kappa shape index (κ1) is 24.9. The number of nitrogens with two attached hydrogens (primary N) is 1. The van der Waals surface area contributed by atoms with Gasteiger partial charge in [0.05, 0.1) is 6.61 Å². The first-order chi connectivity index (χ1) is 13.4. The molecule has 5 atom stereocenters. The molecule has 1 aromatic rings. The average Bonchev–Trinajstić information content (AvgIpc) is 2.64. The third-order valence-corrected chi connectivity index (χ3v) is 3.79. The number of alkyl halides is 3. The summed E-state index contributed by atoms with van der Waals surface area (Å²) in [6.45, 7) is -0.113. The molecule has 29 heavy (non-hydrogen) atoms. The van der Waals surface area contributed by atoms with Crippen LogP contribution in [0.4, 0.5) is 13.2 Å². The Morgan fingerprint density at radius 3 is 2.21 bits per heavy atom. The van der Waals surface area contributed by atoms with Crippen molar-refractivity contribution in [2.24, 2.45) is 5.73 Å². The van der Waals surface area contributed by atoms with Crippen LogP contribution in [0.3, 0.4) is 0 Å². The molecule has 8 N–H and O–H groups in total. The highest BCUT2D eigenvalue weighted by atomic mass is 19.4. The fourth-order valence-corrected chi connectivity index (χ4v) is 2.27. The molecule has 0 unspecified atom stereocenters. The number of aliphatic hydroxyl groups excluding tert-OH is 4. The van der Waals surface area contributed by atoms with E-state index in [-0.39, 0.29) is 11.5 Å². The Balaban J connectivity index is 0.000000516. The monoisotopic (exact) mass is 429 g/mol. The third kappa shape index (κ3) is 6.99. The molecule has 0 aromatic heterocycles. The molecule has 0 radical (unpaired) electrons. The molecule has 0 spiro atoms. The highest BCUT2D eigenvalue weighted by Crippen LogP contribution is 2.31. The van der Waals surface area contributed by atoms with Crippen molar-refractivity contribution in [3.05, 3.63) is 23.8 Å². The zero-order valence-corrected chi connectivity index (χ0v) is 14.9. The van der Waals surface area contributed by atoms with Gasteiger partial charge in [-0.05, 0) is 30.7 Å². The van der Waals surface area contributed by atoms with E-state index >= 15 is 0 Å². The van der Waals surface area contributed by atoms with E-state index in [0.29, 0.717) is 13.0 Å². The van der Waals surface area contributed by atoms with E-state index in [4.69, 9.17) is 30.2 Å². The zero-order chi connectivity index (χ0) is 22.4. The first-order valence-corrected chi connectivity index (χ1v) is 8.21. The number of rotatable bonds is 5. The molecule has 1 fully saturated rings. The molecule has 1 saturated heterocycles. The van der Waals surface area contributed by atoms with Gasteiger partial charge >= 0.3 is 12.1 Å². The Morgan fingerprint density at radius 2 is 1.76 bits per heavy atom. The summed E-state index contributed by atoms with van der Waals surface area (Å²) >= 11 is 0. The standard InChI is InChI=1S/C14H21NO7.C2HF3O2/c15-4-3-7-1-2-9(8(17)5-7)21-14-13(20)12(19)11(18)10(6-16)22-14;3-2(4,5)1(6)7/h1-2,5,10-14,16-20H,3-4,6,15H2;(H,6,7)/t10-,11-,12+,13-,14-;/m1./s1. The smallest absolute Gasteiger partial charge is 0.490 e. The molecule has 2 rings (SSSR count). The van der Waals surface area contributed by atoms with Crippen molar-refractivity contribution in [1.29, 1.82) is 0 Å². The fraction of sp³-hybridized carbons (Fsp3) is 0.562. The van der Waals surface area contributed by atoms with Gasteiger partial charge in [0.25, 0.3) is 0 Å². The minimum Gasteiger partial charge on any atom is -0.504 e. The number of aliphatic carboxylic acids is 1. The number of carboxylic acids is 1. The van der Waals surface area contributed by atoms with Crippen molar-refractivity contribution >= 4 is 5.97 Å². The van der Waals surface area contributed by atoms with Crippen LogP contribution in [0, 0.1) is 0 Å². The van der Waals surface area contributed by atoms with E-state index < -0.39 is 49.5 Å². The van der Waals surface area contributed by atoms with Crippen LogP contribution < -0.4 is 10.5 Å². The quantitative estimate of drug-likeness (QED) is 0.297. The van der Waals surface area contributed by atoms with E-state index in [2.05, 4.69) is 0 Å². The Labute approximate surface area is 162 Å².